The lowest BCUT2D eigenvalue weighted by molar-refractivity contribution is 0.874. The lowest BCUT2D eigenvalue weighted by Gasteiger charge is -2.06. The van der Waals surface area contributed by atoms with Crippen molar-refractivity contribution in [1.29, 1.82) is 5.53 Å². The number of para-hydroxylation sites is 2. The molecule has 12 heavy (non-hydrogen) atoms. The number of benzene rings is 1. The number of rotatable bonds is 4. The molecule has 0 saturated carbocycles. The van der Waals surface area contributed by atoms with Gasteiger partial charge in [0.15, 0.2) is 0 Å². The first-order valence-electron chi connectivity index (χ1n) is 3.73. The van der Waals surface area contributed by atoms with Gasteiger partial charge in [-0.2, -0.15) is 5.11 Å². The summed E-state index contributed by atoms with van der Waals surface area (Å²) in [6.45, 7) is 0.673. The van der Waals surface area contributed by atoms with Crippen LogP contribution < -0.4 is 10.6 Å². The molecule has 0 unspecified atom stereocenters. The van der Waals surface area contributed by atoms with Gasteiger partial charge in [-0.1, -0.05) is 12.1 Å². The van der Waals surface area contributed by atoms with Gasteiger partial charge < -0.3 is 10.6 Å². The van der Waals surface area contributed by atoms with Crippen LogP contribution in [0.1, 0.15) is 0 Å². The van der Waals surface area contributed by atoms with Crippen LogP contribution in [0.4, 0.5) is 11.4 Å². The van der Waals surface area contributed by atoms with Crippen LogP contribution in [-0.4, -0.2) is 13.7 Å². The van der Waals surface area contributed by atoms with Gasteiger partial charge in [0.1, 0.15) is 5.69 Å². The van der Waals surface area contributed by atoms with E-state index in [2.05, 4.69) is 15.7 Å². The maximum atomic E-state index is 6.88. The van der Waals surface area contributed by atoms with E-state index in [0.29, 0.717) is 12.4 Å². The summed E-state index contributed by atoms with van der Waals surface area (Å²) >= 11 is 0. The van der Waals surface area contributed by atoms with Crippen LogP contribution in [0.25, 0.3) is 0 Å². The van der Waals surface area contributed by atoms with Crippen molar-refractivity contribution in [3.63, 3.8) is 0 Å². The van der Waals surface area contributed by atoms with Crippen molar-refractivity contribution >= 4 is 11.4 Å². The first-order valence-corrected chi connectivity index (χ1v) is 3.73. The summed E-state index contributed by atoms with van der Waals surface area (Å²) in [5.41, 5.74) is 8.42. The summed E-state index contributed by atoms with van der Waals surface area (Å²) in [4.78, 5) is 0. The third kappa shape index (κ3) is 2.03. The second kappa shape index (κ2) is 4.46. The highest BCUT2D eigenvalue weighted by molar-refractivity contribution is 5.64. The number of hydrogen-bond donors (Lipinski definition) is 3. The summed E-state index contributed by atoms with van der Waals surface area (Å²) in [7, 11) is 1.85. The van der Waals surface area contributed by atoms with Crippen molar-refractivity contribution in [2.75, 3.05) is 19.0 Å². The van der Waals surface area contributed by atoms with Crippen LogP contribution in [0.15, 0.2) is 29.4 Å². The molecule has 1 aromatic rings. The van der Waals surface area contributed by atoms with Gasteiger partial charge >= 0.3 is 0 Å². The second-order valence-electron chi connectivity index (χ2n) is 2.34. The van der Waals surface area contributed by atoms with E-state index in [1.807, 2.05) is 25.2 Å². The maximum absolute atomic E-state index is 6.88. The maximum Gasteiger partial charge on any atom is 0.108 e. The van der Waals surface area contributed by atoms with Crippen LogP contribution in [0, 0.1) is 5.53 Å². The molecule has 4 heteroatoms. The van der Waals surface area contributed by atoms with Crippen molar-refractivity contribution in [2.24, 2.45) is 5.11 Å². The molecule has 0 bridgehead atoms. The highest BCUT2D eigenvalue weighted by atomic mass is 15.1. The lowest BCUT2D eigenvalue weighted by atomic mass is 10.3. The molecular formula is C8H12N4. The molecule has 0 spiro atoms. The van der Waals surface area contributed by atoms with Crippen molar-refractivity contribution in [3.05, 3.63) is 24.3 Å². The smallest absolute Gasteiger partial charge is 0.108 e. The van der Waals surface area contributed by atoms with Crippen LogP contribution in [0.3, 0.4) is 0 Å². The minimum absolute atomic E-state index is 0.660. The van der Waals surface area contributed by atoms with E-state index in [0.717, 1.165) is 5.69 Å². The second-order valence-corrected chi connectivity index (χ2v) is 2.34. The number of nitrogens with zero attached hydrogens (tertiary/aromatic N) is 1. The predicted octanol–water partition coefficient (Wildman–Crippen LogP) is 1.94. The zero-order valence-electron chi connectivity index (χ0n) is 6.96. The van der Waals surface area contributed by atoms with Crippen molar-refractivity contribution in [3.8, 4) is 0 Å². The minimum Gasteiger partial charge on any atom is -0.371 e. The Balaban J connectivity index is 2.75. The predicted molar refractivity (Wildman–Crippen MR) is 48.8 cm³/mol. The van der Waals surface area contributed by atoms with Gasteiger partial charge in [0.25, 0.3) is 0 Å². The lowest BCUT2D eigenvalue weighted by Crippen LogP contribution is -2.16. The molecule has 64 valence electrons. The Morgan fingerprint density at radius 3 is 2.83 bits per heavy atom. The van der Waals surface area contributed by atoms with Crippen LogP contribution in [0.5, 0.6) is 0 Å². The molecule has 0 aliphatic heterocycles. The third-order valence-electron chi connectivity index (χ3n) is 1.48. The van der Waals surface area contributed by atoms with Gasteiger partial charge in [-0.15, -0.1) is 0 Å². The fraction of sp³-hybridized carbons (Fsp3) is 0.250. The first-order chi connectivity index (χ1) is 5.88. The Bertz CT molecular complexity index is 259. The molecule has 4 nitrogen and oxygen atoms in total. The van der Waals surface area contributed by atoms with E-state index in [9.17, 15) is 0 Å². The van der Waals surface area contributed by atoms with Gasteiger partial charge in [0.2, 0.25) is 0 Å². The molecule has 1 aromatic carbocycles. The van der Waals surface area contributed by atoms with E-state index in [1.54, 1.807) is 6.07 Å². The van der Waals surface area contributed by atoms with Gasteiger partial charge in [0.05, 0.1) is 12.4 Å². The number of hydrogen-bond acceptors (Lipinski definition) is 4. The normalized spacial score (nSPS) is 9.42. The summed E-state index contributed by atoms with van der Waals surface area (Å²) in [5, 5.41) is 9.43. The molecule has 0 saturated heterocycles. The Morgan fingerprint density at radius 2 is 2.17 bits per heavy atom. The highest BCUT2D eigenvalue weighted by Crippen LogP contribution is 2.22. The van der Waals surface area contributed by atoms with Gasteiger partial charge in [-0.05, 0) is 19.2 Å². The Morgan fingerprint density at radius 1 is 1.42 bits per heavy atom. The standard InChI is InChI=1S/C8H12N4/c1-10-6-11-7-4-2-3-5-8(7)12-9/h2-5,9-11H,6H2,1H3. The molecule has 0 heterocycles. The number of anilines is 1. The summed E-state index contributed by atoms with van der Waals surface area (Å²) < 4.78 is 0. The fourth-order valence-corrected chi connectivity index (χ4v) is 0.904. The first kappa shape index (κ1) is 8.67. The van der Waals surface area contributed by atoms with E-state index >= 15 is 0 Å². The van der Waals surface area contributed by atoms with Crippen molar-refractivity contribution < 1.29 is 0 Å². The molecule has 3 N–H and O–H groups in total. The van der Waals surface area contributed by atoms with Crippen LogP contribution in [0.2, 0.25) is 0 Å². The zero-order chi connectivity index (χ0) is 8.81. The molecule has 0 atom stereocenters. The minimum atomic E-state index is 0.660. The van der Waals surface area contributed by atoms with Gasteiger partial charge in [-0.25, -0.2) is 5.53 Å². The van der Waals surface area contributed by atoms with Crippen LogP contribution >= 0.6 is 0 Å². The van der Waals surface area contributed by atoms with E-state index in [-0.39, 0.29) is 0 Å². The van der Waals surface area contributed by atoms with Crippen molar-refractivity contribution in [2.45, 2.75) is 0 Å². The molecule has 0 radical (unpaired) electrons. The van der Waals surface area contributed by atoms with Gasteiger partial charge in [0, 0.05) is 0 Å². The van der Waals surface area contributed by atoms with E-state index in [1.165, 1.54) is 0 Å². The third-order valence-corrected chi connectivity index (χ3v) is 1.48. The molecule has 0 aromatic heterocycles. The molecule has 1 rings (SSSR count). The summed E-state index contributed by atoms with van der Waals surface area (Å²) in [5.74, 6) is 0. The number of nitrogens with one attached hydrogen (secondary N) is 3. The summed E-state index contributed by atoms with van der Waals surface area (Å²) in [6.07, 6.45) is 0. The Hall–Kier alpha value is -1.42. The largest absolute Gasteiger partial charge is 0.371 e. The SMILES string of the molecule is CNCNc1ccccc1N=N. The average molecular weight is 164 g/mol. The van der Waals surface area contributed by atoms with E-state index in [4.69, 9.17) is 5.53 Å². The van der Waals surface area contributed by atoms with E-state index < -0.39 is 0 Å². The molecule has 0 fully saturated rings. The Kier molecular flexibility index (Phi) is 3.22. The molecule has 0 aliphatic carbocycles. The topological polar surface area (TPSA) is 60.3 Å². The fourth-order valence-electron chi connectivity index (χ4n) is 0.904. The molecular weight excluding hydrogens is 152 g/mol. The van der Waals surface area contributed by atoms with Crippen LogP contribution in [-0.2, 0) is 0 Å². The monoisotopic (exact) mass is 164 g/mol. The van der Waals surface area contributed by atoms with Gasteiger partial charge in [-0.3, -0.25) is 0 Å². The Labute approximate surface area is 71.5 Å². The molecule has 0 amide bonds. The quantitative estimate of drug-likeness (QED) is 0.470. The average Bonchev–Trinajstić information content (AvgIpc) is 2.15. The summed E-state index contributed by atoms with van der Waals surface area (Å²) in [6, 6.07) is 7.46. The van der Waals surface area contributed by atoms with Crippen molar-refractivity contribution in [1.82, 2.24) is 5.32 Å². The zero-order valence-corrected chi connectivity index (χ0v) is 6.96. The molecule has 0 aliphatic rings. The highest BCUT2D eigenvalue weighted by Gasteiger charge is 1.96.